The minimum Gasteiger partial charge on any atom is -0.355 e. The summed E-state index contributed by atoms with van der Waals surface area (Å²) in [6, 6.07) is 15.9. The van der Waals surface area contributed by atoms with E-state index in [2.05, 4.69) is 38.6 Å². The molecule has 23 heavy (non-hydrogen) atoms. The SMILES string of the molecule is Clc1ccc(Nc2nnc(N3CCCC3)c3ccccc23)cc1. The third-order valence-electron chi connectivity index (χ3n) is 4.18. The van der Waals surface area contributed by atoms with Gasteiger partial charge in [-0.3, -0.25) is 0 Å². The van der Waals surface area contributed by atoms with E-state index in [1.54, 1.807) is 0 Å². The van der Waals surface area contributed by atoms with E-state index in [0.717, 1.165) is 46.2 Å². The van der Waals surface area contributed by atoms with Crippen molar-refractivity contribution in [1.82, 2.24) is 10.2 Å². The van der Waals surface area contributed by atoms with Gasteiger partial charge in [-0.2, -0.15) is 0 Å². The van der Waals surface area contributed by atoms with Crippen LogP contribution in [0.2, 0.25) is 5.02 Å². The largest absolute Gasteiger partial charge is 0.355 e. The molecular weight excluding hydrogens is 308 g/mol. The van der Waals surface area contributed by atoms with Crippen LogP contribution in [0.25, 0.3) is 10.8 Å². The van der Waals surface area contributed by atoms with Crippen LogP contribution < -0.4 is 10.2 Å². The summed E-state index contributed by atoms with van der Waals surface area (Å²) in [6.45, 7) is 2.12. The van der Waals surface area contributed by atoms with E-state index in [1.807, 2.05) is 30.3 Å². The van der Waals surface area contributed by atoms with Gasteiger partial charge in [0.1, 0.15) is 0 Å². The van der Waals surface area contributed by atoms with Crippen LogP contribution in [-0.4, -0.2) is 23.3 Å². The molecule has 1 fully saturated rings. The number of anilines is 3. The van der Waals surface area contributed by atoms with E-state index in [0.29, 0.717) is 0 Å². The Hall–Kier alpha value is -2.33. The van der Waals surface area contributed by atoms with Crippen LogP contribution in [0.4, 0.5) is 17.3 Å². The van der Waals surface area contributed by atoms with Crippen LogP contribution in [0.3, 0.4) is 0 Å². The predicted octanol–water partition coefficient (Wildman–Crippen LogP) is 4.63. The van der Waals surface area contributed by atoms with Gasteiger partial charge in [0, 0.05) is 34.6 Å². The Kier molecular flexibility index (Phi) is 3.75. The van der Waals surface area contributed by atoms with E-state index in [-0.39, 0.29) is 0 Å². The zero-order valence-corrected chi connectivity index (χ0v) is 13.4. The summed E-state index contributed by atoms with van der Waals surface area (Å²) >= 11 is 5.94. The van der Waals surface area contributed by atoms with Crippen LogP contribution in [0.5, 0.6) is 0 Å². The molecule has 1 aliphatic rings. The second-order valence-corrected chi connectivity index (χ2v) is 6.18. The fourth-order valence-corrected chi connectivity index (χ4v) is 3.14. The van der Waals surface area contributed by atoms with Crippen molar-refractivity contribution in [2.45, 2.75) is 12.8 Å². The van der Waals surface area contributed by atoms with Gasteiger partial charge in [-0.25, -0.2) is 0 Å². The van der Waals surface area contributed by atoms with Crippen LogP contribution in [0, 0.1) is 0 Å². The first-order valence-corrected chi connectivity index (χ1v) is 8.22. The molecule has 2 heterocycles. The lowest BCUT2D eigenvalue weighted by Gasteiger charge is -2.19. The second-order valence-electron chi connectivity index (χ2n) is 5.74. The Bertz CT molecular complexity index is 826. The quantitative estimate of drug-likeness (QED) is 0.762. The third kappa shape index (κ3) is 2.82. The number of hydrogen-bond donors (Lipinski definition) is 1. The van der Waals surface area contributed by atoms with E-state index < -0.39 is 0 Å². The molecule has 0 unspecified atom stereocenters. The third-order valence-corrected chi connectivity index (χ3v) is 4.43. The Morgan fingerprint density at radius 3 is 2.30 bits per heavy atom. The molecule has 0 radical (unpaired) electrons. The number of benzene rings is 2. The summed E-state index contributed by atoms with van der Waals surface area (Å²) in [4.78, 5) is 2.32. The Balaban J connectivity index is 1.76. The van der Waals surface area contributed by atoms with Crippen LogP contribution in [-0.2, 0) is 0 Å². The Morgan fingerprint density at radius 2 is 1.57 bits per heavy atom. The monoisotopic (exact) mass is 324 g/mol. The molecule has 4 nitrogen and oxygen atoms in total. The molecule has 0 saturated carbocycles. The van der Waals surface area contributed by atoms with Gasteiger partial charge in [-0.15, -0.1) is 10.2 Å². The number of hydrogen-bond acceptors (Lipinski definition) is 4. The van der Waals surface area contributed by atoms with Crippen LogP contribution >= 0.6 is 11.6 Å². The van der Waals surface area contributed by atoms with Crippen molar-refractivity contribution in [2.24, 2.45) is 0 Å². The first-order chi connectivity index (χ1) is 11.3. The molecule has 1 aromatic heterocycles. The van der Waals surface area contributed by atoms with Gasteiger partial charge in [0.05, 0.1) is 0 Å². The van der Waals surface area contributed by atoms with Crippen LogP contribution in [0.15, 0.2) is 48.5 Å². The maximum absolute atomic E-state index is 5.94. The number of halogens is 1. The van der Waals surface area contributed by atoms with Gasteiger partial charge in [0.15, 0.2) is 11.6 Å². The van der Waals surface area contributed by atoms with Crippen molar-refractivity contribution < 1.29 is 0 Å². The molecule has 0 spiro atoms. The number of nitrogens with zero attached hydrogens (tertiary/aromatic N) is 3. The van der Waals surface area contributed by atoms with Crippen molar-refractivity contribution in [3.63, 3.8) is 0 Å². The molecule has 0 bridgehead atoms. The molecule has 0 amide bonds. The molecule has 5 heteroatoms. The summed E-state index contributed by atoms with van der Waals surface area (Å²) in [6.07, 6.45) is 2.45. The van der Waals surface area contributed by atoms with Crippen LogP contribution in [0.1, 0.15) is 12.8 Å². The maximum Gasteiger partial charge on any atom is 0.161 e. The normalized spacial score (nSPS) is 14.4. The number of nitrogens with one attached hydrogen (secondary N) is 1. The summed E-state index contributed by atoms with van der Waals surface area (Å²) in [5, 5.41) is 15.2. The van der Waals surface area contributed by atoms with Gasteiger partial charge in [0.25, 0.3) is 0 Å². The lowest BCUT2D eigenvalue weighted by molar-refractivity contribution is 0.907. The smallest absolute Gasteiger partial charge is 0.161 e. The number of aromatic nitrogens is 2. The Labute approximate surface area is 140 Å². The zero-order chi connectivity index (χ0) is 15.6. The van der Waals surface area contributed by atoms with E-state index >= 15 is 0 Å². The van der Waals surface area contributed by atoms with Crippen molar-refractivity contribution in [1.29, 1.82) is 0 Å². The van der Waals surface area contributed by atoms with Crippen molar-refractivity contribution >= 4 is 39.7 Å². The van der Waals surface area contributed by atoms with Crippen molar-refractivity contribution in [3.05, 3.63) is 53.6 Å². The first-order valence-electron chi connectivity index (χ1n) is 7.84. The highest BCUT2D eigenvalue weighted by Gasteiger charge is 2.18. The molecule has 0 atom stereocenters. The highest BCUT2D eigenvalue weighted by Crippen LogP contribution is 2.31. The van der Waals surface area contributed by atoms with E-state index in [4.69, 9.17) is 11.6 Å². The maximum atomic E-state index is 5.94. The second kappa shape index (κ2) is 6.05. The number of fused-ring (bicyclic) bond motifs is 1. The molecule has 116 valence electrons. The first kappa shape index (κ1) is 14.3. The minimum absolute atomic E-state index is 0.718. The molecule has 1 aliphatic heterocycles. The van der Waals surface area contributed by atoms with Crippen molar-refractivity contribution in [3.8, 4) is 0 Å². The fourth-order valence-electron chi connectivity index (χ4n) is 3.01. The number of rotatable bonds is 3. The average Bonchev–Trinajstić information content (AvgIpc) is 3.11. The molecule has 1 N–H and O–H groups in total. The lowest BCUT2D eigenvalue weighted by atomic mass is 10.1. The minimum atomic E-state index is 0.718. The van der Waals surface area contributed by atoms with E-state index in [1.165, 1.54) is 12.8 Å². The predicted molar refractivity (Wildman–Crippen MR) is 95.7 cm³/mol. The molecule has 0 aliphatic carbocycles. The molecule has 1 saturated heterocycles. The average molecular weight is 325 g/mol. The molecule has 3 aromatic rings. The molecule has 4 rings (SSSR count). The summed E-state index contributed by atoms with van der Waals surface area (Å²) in [5.41, 5.74) is 0.947. The highest BCUT2D eigenvalue weighted by atomic mass is 35.5. The Morgan fingerprint density at radius 1 is 0.870 bits per heavy atom. The van der Waals surface area contributed by atoms with Gasteiger partial charge < -0.3 is 10.2 Å². The topological polar surface area (TPSA) is 41.1 Å². The zero-order valence-electron chi connectivity index (χ0n) is 12.7. The van der Waals surface area contributed by atoms with Gasteiger partial charge in [0.2, 0.25) is 0 Å². The van der Waals surface area contributed by atoms with Crippen molar-refractivity contribution in [2.75, 3.05) is 23.3 Å². The standard InChI is InChI=1S/C18H17ClN4/c19-13-7-9-14(10-8-13)20-17-15-5-1-2-6-16(15)18(22-21-17)23-11-3-4-12-23/h1-2,5-10H,3-4,11-12H2,(H,20,21). The van der Waals surface area contributed by atoms with Gasteiger partial charge in [-0.1, -0.05) is 35.9 Å². The van der Waals surface area contributed by atoms with Gasteiger partial charge in [-0.05, 0) is 37.1 Å². The van der Waals surface area contributed by atoms with Gasteiger partial charge >= 0.3 is 0 Å². The molecule has 2 aromatic carbocycles. The summed E-state index contributed by atoms with van der Waals surface area (Å²) in [5.74, 6) is 1.76. The summed E-state index contributed by atoms with van der Waals surface area (Å²) in [7, 11) is 0. The fraction of sp³-hybridized carbons (Fsp3) is 0.222. The molecular formula is C18H17ClN4. The van der Waals surface area contributed by atoms with E-state index in [9.17, 15) is 0 Å². The highest BCUT2D eigenvalue weighted by molar-refractivity contribution is 6.30. The summed E-state index contributed by atoms with van der Waals surface area (Å²) < 4.78 is 0. The lowest BCUT2D eigenvalue weighted by Crippen LogP contribution is -2.20.